The summed E-state index contributed by atoms with van der Waals surface area (Å²) >= 11 is 0. The lowest BCUT2D eigenvalue weighted by molar-refractivity contribution is 0.425. The molecule has 2 heterocycles. The maximum absolute atomic E-state index is 8.93. The zero-order chi connectivity index (χ0) is 9.97. The Morgan fingerprint density at radius 3 is 2.79 bits per heavy atom. The molecule has 0 aliphatic rings. The molecule has 0 saturated carbocycles. The predicted molar refractivity (Wildman–Crippen MR) is 51.6 cm³/mol. The number of H-pyrrole nitrogens is 1. The van der Waals surface area contributed by atoms with E-state index in [1.807, 2.05) is 0 Å². The number of hydrogen-bond acceptors (Lipinski definition) is 4. The maximum Gasteiger partial charge on any atom is 0.490 e. The summed E-state index contributed by atoms with van der Waals surface area (Å²) in [5.74, 6) is 0.653. The van der Waals surface area contributed by atoms with E-state index in [0.717, 1.165) is 5.56 Å². The highest BCUT2D eigenvalue weighted by Gasteiger charge is 2.12. The van der Waals surface area contributed by atoms with Gasteiger partial charge in [-0.1, -0.05) is 0 Å². The van der Waals surface area contributed by atoms with Gasteiger partial charge in [-0.3, -0.25) is 4.98 Å². The van der Waals surface area contributed by atoms with Crippen LogP contribution in [0.5, 0.6) is 0 Å². The second-order valence-corrected chi connectivity index (χ2v) is 2.82. The highest BCUT2D eigenvalue weighted by atomic mass is 16.4. The Labute approximate surface area is 80.6 Å². The van der Waals surface area contributed by atoms with Crippen LogP contribution < -0.4 is 5.46 Å². The number of imidazole rings is 1. The maximum atomic E-state index is 8.93. The number of nitrogens with one attached hydrogen (secondary N) is 1. The van der Waals surface area contributed by atoms with Crippen LogP contribution in [0.3, 0.4) is 0 Å². The number of aromatic amines is 1. The Balaban J connectivity index is 2.41. The van der Waals surface area contributed by atoms with Gasteiger partial charge in [0.15, 0.2) is 0 Å². The molecule has 0 spiro atoms. The number of pyridine rings is 1. The molecule has 14 heavy (non-hydrogen) atoms. The SMILES string of the molecule is OB(O)c1cncc(-c2ncc[nH]2)c1. The van der Waals surface area contributed by atoms with Crippen molar-refractivity contribution in [2.45, 2.75) is 0 Å². The van der Waals surface area contributed by atoms with Crippen molar-refractivity contribution >= 4 is 12.6 Å². The summed E-state index contributed by atoms with van der Waals surface area (Å²) in [6.07, 6.45) is 6.32. The van der Waals surface area contributed by atoms with E-state index in [0.29, 0.717) is 11.3 Å². The minimum atomic E-state index is -1.50. The van der Waals surface area contributed by atoms with E-state index in [1.54, 1.807) is 24.7 Å². The fourth-order valence-electron chi connectivity index (χ4n) is 1.15. The van der Waals surface area contributed by atoms with Gasteiger partial charge >= 0.3 is 7.12 Å². The van der Waals surface area contributed by atoms with Crippen molar-refractivity contribution in [3.05, 3.63) is 30.9 Å². The molecule has 0 amide bonds. The van der Waals surface area contributed by atoms with Crippen LogP contribution in [0.1, 0.15) is 0 Å². The average molecular weight is 189 g/mol. The first-order valence-corrected chi connectivity index (χ1v) is 4.08. The van der Waals surface area contributed by atoms with Gasteiger partial charge in [-0.05, 0) is 6.07 Å². The first-order valence-electron chi connectivity index (χ1n) is 4.08. The Morgan fingerprint density at radius 1 is 1.29 bits per heavy atom. The van der Waals surface area contributed by atoms with Gasteiger partial charge in [0, 0.05) is 35.8 Å². The van der Waals surface area contributed by atoms with Crippen molar-refractivity contribution in [3.63, 3.8) is 0 Å². The summed E-state index contributed by atoms with van der Waals surface area (Å²) < 4.78 is 0. The van der Waals surface area contributed by atoms with Crippen molar-refractivity contribution in [3.8, 4) is 11.4 Å². The third-order valence-electron chi connectivity index (χ3n) is 1.83. The number of aromatic nitrogens is 3. The summed E-state index contributed by atoms with van der Waals surface area (Å²) in [5.41, 5.74) is 1.07. The molecule has 0 unspecified atom stereocenters. The van der Waals surface area contributed by atoms with Crippen LogP contribution in [0.4, 0.5) is 0 Å². The fraction of sp³-hybridized carbons (Fsp3) is 0. The third kappa shape index (κ3) is 1.66. The standard InChI is InChI=1S/C8H8BN3O2/c13-9(14)7-3-6(4-10-5-7)8-11-1-2-12-8/h1-5,13-14H,(H,11,12). The van der Waals surface area contributed by atoms with E-state index >= 15 is 0 Å². The summed E-state index contributed by atoms with van der Waals surface area (Å²) in [6.45, 7) is 0. The summed E-state index contributed by atoms with van der Waals surface area (Å²) in [6, 6.07) is 1.62. The molecular formula is C8H8BN3O2. The topological polar surface area (TPSA) is 82.0 Å². The molecular weight excluding hydrogens is 181 g/mol. The van der Waals surface area contributed by atoms with Crippen molar-refractivity contribution in [1.82, 2.24) is 15.0 Å². The quantitative estimate of drug-likeness (QED) is 0.537. The number of hydrogen-bond donors (Lipinski definition) is 3. The molecule has 0 radical (unpaired) electrons. The van der Waals surface area contributed by atoms with E-state index < -0.39 is 7.12 Å². The molecule has 0 aliphatic carbocycles. The van der Waals surface area contributed by atoms with Crippen LogP contribution >= 0.6 is 0 Å². The second kappa shape index (κ2) is 3.61. The van der Waals surface area contributed by atoms with Crippen LogP contribution in [-0.2, 0) is 0 Å². The lowest BCUT2D eigenvalue weighted by Crippen LogP contribution is -2.30. The zero-order valence-electron chi connectivity index (χ0n) is 7.25. The first kappa shape index (κ1) is 8.92. The smallest absolute Gasteiger partial charge is 0.423 e. The lowest BCUT2D eigenvalue weighted by Gasteiger charge is -2.00. The number of rotatable bonds is 2. The molecule has 0 bridgehead atoms. The molecule has 70 valence electrons. The molecule has 3 N–H and O–H groups in total. The van der Waals surface area contributed by atoms with Crippen LogP contribution in [0, 0.1) is 0 Å². The van der Waals surface area contributed by atoms with Gasteiger partial charge in [0.2, 0.25) is 0 Å². The molecule has 5 nitrogen and oxygen atoms in total. The van der Waals surface area contributed by atoms with Crippen molar-refractivity contribution < 1.29 is 10.0 Å². The predicted octanol–water partition coefficient (Wildman–Crippen LogP) is -0.849. The van der Waals surface area contributed by atoms with E-state index in [1.165, 1.54) is 6.20 Å². The van der Waals surface area contributed by atoms with Crippen molar-refractivity contribution in [2.24, 2.45) is 0 Å². The zero-order valence-corrected chi connectivity index (χ0v) is 7.25. The second-order valence-electron chi connectivity index (χ2n) is 2.82. The van der Waals surface area contributed by atoms with E-state index in [2.05, 4.69) is 15.0 Å². The minimum absolute atomic E-state index is 0.346. The Bertz CT molecular complexity index is 416. The van der Waals surface area contributed by atoms with Gasteiger partial charge < -0.3 is 15.0 Å². The fourth-order valence-corrected chi connectivity index (χ4v) is 1.15. The molecule has 6 heteroatoms. The van der Waals surface area contributed by atoms with E-state index in [4.69, 9.17) is 10.0 Å². The van der Waals surface area contributed by atoms with Gasteiger partial charge in [0.1, 0.15) is 5.82 Å². The third-order valence-corrected chi connectivity index (χ3v) is 1.83. The molecule has 0 aromatic carbocycles. The molecule has 0 saturated heterocycles. The highest BCUT2D eigenvalue weighted by molar-refractivity contribution is 6.58. The van der Waals surface area contributed by atoms with Gasteiger partial charge in [0.25, 0.3) is 0 Å². The highest BCUT2D eigenvalue weighted by Crippen LogP contribution is 2.10. The van der Waals surface area contributed by atoms with E-state index in [-0.39, 0.29) is 0 Å². The Morgan fingerprint density at radius 2 is 2.14 bits per heavy atom. The van der Waals surface area contributed by atoms with E-state index in [9.17, 15) is 0 Å². The van der Waals surface area contributed by atoms with Gasteiger partial charge in [0.05, 0.1) is 0 Å². The molecule has 0 aliphatic heterocycles. The molecule has 0 atom stereocenters. The van der Waals surface area contributed by atoms with Crippen LogP contribution in [-0.4, -0.2) is 32.1 Å². The number of nitrogens with zero attached hydrogens (tertiary/aromatic N) is 2. The largest absolute Gasteiger partial charge is 0.490 e. The molecule has 2 aromatic rings. The normalized spacial score (nSPS) is 10.1. The lowest BCUT2D eigenvalue weighted by atomic mass is 9.81. The van der Waals surface area contributed by atoms with Gasteiger partial charge in [-0.25, -0.2) is 4.98 Å². The molecule has 2 rings (SSSR count). The first-order chi connectivity index (χ1) is 6.77. The van der Waals surface area contributed by atoms with Crippen molar-refractivity contribution in [1.29, 1.82) is 0 Å². The minimum Gasteiger partial charge on any atom is -0.423 e. The Kier molecular flexibility index (Phi) is 2.30. The monoisotopic (exact) mass is 189 g/mol. The van der Waals surface area contributed by atoms with Crippen LogP contribution in [0.25, 0.3) is 11.4 Å². The summed E-state index contributed by atoms with van der Waals surface area (Å²) in [5, 5.41) is 17.9. The average Bonchev–Trinajstić information content (AvgIpc) is 2.71. The van der Waals surface area contributed by atoms with Gasteiger partial charge in [-0.15, -0.1) is 0 Å². The molecule has 2 aromatic heterocycles. The summed E-state index contributed by atoms with van der Waals surface area (Å²) in [4.78, 5) is 10.8. The Hall–Kier alpha value is -1.66. The van der Waals surface area contributed by atoms with Crippen LogP contribution in [0.15, 0.2) is 30.9 Å². The van der Waals surface area contributed by atoms with Gasteiger partial charge in [-0.2, -0.15) is 0 Å². The summed E-state index contributed by atoms with van der Waals surface area (Å²) in [7, 11) is -1.50. The van der Waals surface area contributed by atoms with Crippen molar-refractivity contribution in [2.75, 3.05) is 0 Å². The molecule has 0 fully saturated rings. The van der Waals surface area contributed by atoms with Crippen LogP contribution in [0.2, 0.25) is 0 Å².